The molecule has 19 heavy (non-hydrogen) atoms. The summed E-state index contributed by atoms with van der Waals surface area (Å²) in [6.07, 6.45) is 2.41. The van der Waals surface area contributed by atoms with Gasteiger partial charge in [-0.05, 0) is 37.4 Å². The zero-order valence-corrected chi connectivity index (χ0v) is 12.5. The van der Waals surface area contributed by atoms with E-state index in [4.69, 9.17) is 23.2 Å². The van der Waals surface area contributed by atoms with Gasteiger partial charge in [0, 0.05) is 6.54 Å². The molecule has 1 aliphatic heterocycles. The number of benzene rings is 1. The Morgan fingerprint density at radius 2 is 2.26 bits per heavy atom. The minimum Gasteiger partial charge on any atom is -0.324 e. The second-order valence-corrected chi connectivity index (χ2v) is 5.92. The van der Waals surface area contributed by atoms with Crippen molar-refractivity contribution in [2.75, 3.05) is 25.0 Å². The molecule has 1 atom stereocenters. The Morgan fingerprint density at radius 3 is 3.00 bits per heavy atom. The van der Waals surface area contributed by atoms with E-state index in [-0.39, 0.29) is 5.91 Å². The second kappa shape index (κ2) is 6.60. The normalized spacial score (nSPS) is 20.3. The van der Waals surface area contributed by atoms with E-state index in [0.717, 1.165) is 19.5 Å². The van der Waals surface area contributed by atoms with E-state index >= 15 is 0 Å². The molecule has 0 aromatic heterocycles. The highest BCUT2D eigenvalue weighted by Crippen LogP contribution is 2.29. The van der Waals surface area contributed by atoms with Crippen molar-refractivity contribution in [1.82, 2.24) is 4.90 Å². The van der Waals surface area contributed by atoms with Gasteiger partial charge in [-0.15, -0.1) is 0 Å². The molecule has 1 aromatic carbocycles. The molecule has 0 radical (unpaired) electrons. The molecule has 3 nitrogen and oxygen atoms in total. The third-order valence-electron chi connectivity index (χ3n) is 3.33. The molecule has 0 unspecified atom stereocenters. The van der Waals surface area contributed by atoms with Gasteiger partial charge < -0.3 is 5.32 Å². The number of carbonyl (C=O) groups excluding carboxylic acids is 1. The van der Waals surface area contributed by atoms with Crippen molar-refractivity contribution in [3.63, 3.8) is 0 Å². The molecule has 1 aromatic rings. The van der Waals surface area contributed by atoms with Gasteiger partial charge >= 0.3 is 0 Å². The van der Waals surface area contributed by atoms with Crippen LogP contribution >= 0.6 is 23.2 Å². The summed E-state index contributed by atoms with van der Waals surface area (Å²) in [4.78, 5) is 14.2. The van der Waals surface area contributed by atoms with Crippen LogP contribution in [0.15, 0.2) is 18.2 Å². The van der Waals surface area contributed by atoms with E-state index in [2.05, 4.69) is 17.1 Å². The van der Waals surface area contributed by atoms with Crippen LogP contribution in [0.4, 0.5) is 5.69 Å². The Kier molecular flexibility index (Phi) is 5.08. The predicted octanol–water partition coefficient (Wildman–Crippen LogP) is 3.66. The molecule has 5 heteroatoms. The summed E-state index contributed by atoms with van der Waals surface area (Å²) < 4.78 is 0. The quantitative estimate of drug-likeness (QED) is 0.924. The van der Waals surface area contributed by atoms with Gasteiger partial charge in [-0.25, -0.2) is 0 Å². The van der Waals surface area contributed by atoms with Crippen molar-refractivity contribution in [3.8, 4) is 0 Å². The zero-order chi connectivity index (χ0) is 13.8. The average molecular weight is 301 g/mol. The van der Waals surface area contributed by atoms with Crippen LogP contribution in [0.3, 0.4) is 0 Å². The molecule has 104 valence electrons. The Hall–Kier alpha value is -0.770. The molecule has 1 amide bonds. The first-order chi connectivity index (χ1) is 9.06. The van der Waals surface area contributed by atoms with Gasteiger partial charge in [0.25, 0.3) is 0 Å². The van der Waals surface area contributed by atoms with Crippen LogP contribution in [0, 0.1) is 5.92 Å². The molecule has 1 heterocycles. The Morgan fingerprint density at radius 1 is 1.47 bits per heavy atom. The molecular weight excluding hydrogens is 283 g/mol. The standard InChI is InChI=1S/C14H18Cl2N2O/c1-10-4-3-7-18(8-10)9-13(19)17-12-6-2-5-11(15)14(12)16/h2,5-6,10H,3-4,7-9H2,1H3,(H,17,19)/t10-/m0/s1. The number of nitrogens with zero attached hydrogens (tertiary/aromatic N) is 1. The lowest BCUT2D eigenvalue weighted by molar-refractivity contribution is -0.117. The van der Waals surface area contributed by atoms with Crippen molar-refractivity contribution in [1.29, 1.82) is 0 Å². The smallest absolute Gasteiger partial charge is 0.238 e. The maximum Gasteiger partial charge on any atom is 0.238 e. The number of piperidine rings is 1. The van der Waals surface area contributed by atoms with Crippen LogP contribution in [0.5, 0.6) is 0 Å². The fourth-order valence-corrected chi connectivity index (χ4v) is 2.77. The third-order valence-corrected chi connectivity index (χ3v) is 4.15. The van der Waals surface area contributed by atoms with E-state index in [0.29, 0.717) is 28.2 Å². The third kappa shape index (κ3) is 4.10. The number of likely N-dealkylation sites (tertiary alicyclic amines) is 1. The summed E-state index contributed by atoms with van der Waals surface area (Å²) in [6.45, 7) is 4.60. The first-order valence-corrected chi connectivity index (χ1v) is 7.28. The number of rotatable bonds is 3. The van der Waals surface area contributed by atoms with Gasteiger partial charge in [0.2, 0.25) is 5.91 Å². The minimum absolute atomic E-state index is 0.0433. The number of halogens is 2. The number of anilines is 1. The monoisotopic (exact) mass is 300 g/mol. The van der Waals surface area contributed by atoms with Gasteiger partial charge in [0.05, 0.1) is 22.3 Å². The van der Waals surface area contributed by atoms with E-state index in [1.165, 1.54) is 6.42 Å². The fourth-order valence-electron chi connectivity index (χ4n) is 2.42. The summed E-state index contributed by atoms with van der Waals surface area (Å²) in [6, 6.07) is 5.23. The summed E-state index contributed by atoms with van der Waals surface area (Å²) in [5.41, 5.74) is 0.573. The van der Waals surface area contributed by atoms with Crippen LogP contribution in [0.25, 0.3) is 0 Å². The summed E-state index contributed by atoms with van der Waals surface area (Å²) in [5, 5.41) is 3.66. The molecule has 0 bridgehead atoms. The number of hydrogen-bond acceptors (Lipinski definition) is 2. The minimum atomic E-state index is -0.0433. The molecule has 0 saturated carbocycles. The van der Waals surface area contributed by atoms with Crippen molar-refractivity contribution < 1.29 is 4.79 Å². The Labute approximate surface area is 123 Å². The van der Waals surface area contributed by atoms with Crippen molar-refractivity contribution in [2.45, 2.75) is 19.8 Å². The number of nitrogens with one attached hydrogen (secondary N) is 1. The second-order valence-electron chi connectivity index (χ2n) is 5.13. The van der Waals surface area contributed by atoms with Crippen molar-refractivity contribution in [3.05, 3.63) is 28.2 Å². The summed E-state index contributed by atoms with van der Waals surface area (Å²) >= 11 is 12.0. The Balaban J connectivity index is 1.92. The number of carbonyl (C=O) groups is 1. The first kappa shape index (κ1) is 14.6. The largest absolute Gasteiger partial charge is 0.324 e. The maximum atomic E-state index is 12.0. The average Bonchev–Trinajstić information content (AvgIpc) is 2.35. The van der Waals surface area contributed by atoms with E-state index < -0.39 is 0 Å². The van der Waals surface area contributed by atoms with E-state index in [1.807, 2.05) is 0 Å². The van der Waals surface area contributed by atoms with E-state index in [1.54, 1.807) is 18.2 Å². The molecule has 0 aliphatic carbocycles. The van der Waals surface area contributed by atoms with Crippen LogP contribution < -0.4 is 5.32 Å². The number of amides is 1. The lowest BCUT2D eigenvalue weighted by atomic mass is 10.0. The predicted molar refractivity (Wildman–Crippen MR) is 79.9 cm³/mol. The summed E-state index contributed by atoms with van der Waals surface area (Å²) in [5.74, 6) is 0.620. The molecule has 1 N–H and O–H groups in total. The van der Waals surface area contributed by atoms with Crippen LogP contribution in [0.1, 0.15) is 19.8 Å². The lowest BCUT2D eigenvalue weighted by Gasteiger charge is -2.30. The zero-order valence-electron chi connectivity index (χ0n) is 11.0. The molecule has 1 saturated heterocycles. The van der Waals surface area contributed by atoms with E-state index in [9.17, 15) is 4.79 Å². The highest BCUT2D eigenvalue weighted by atomic mass is 35.5. The molecule has 2 rings (SSSR count). The van der Waals surface area contributed by atoms with Crippen molar-refractivity contribution >= 4 is 34.8 Å². The van der Waals surface area contributed by atoms with Gasteiger partial charge in [-0.2, -0.15) is 0 Å². The van der Waals surface area contributed by atoms with Crippen LogP contribution in [0.2, 0.25) is 10.0 Å². The molecule has 1 fully saturated rings. The van der Waals surface area contributed by atoms with Gasteiger partial charge in [-0.1, -0.05) is 36.2 Å². The Bertz CT molecular complexity index is 465. The highest BCUT2D eigenvalue weighted by Gasteiger charge is 2.19. The highest BCUT2D eigenvalue weighted by molar-refractivity contribution is 6.43. The SMILES string of the molecule is C[C@H]1CCCN(CC(=O)Nc2cccc(Cl)c2Cl)C1. The summed E-state index contributed by atoms with van der Waals surface area (Å²) in [7, 11) is 0. The number of hydrogen-bond donors (Lipinski definition) is 1. The lowest BCUT2D eigenvalue weighted by Crippen LogP contribution is -2.39. The van der Waals surface area contributed by atoms with Crippen molar-refractivity contribution in [2.24, 2.45) is 5.92 Å². The topological polar surface area (TPSA) is 32.3 Å². The van der Waals surface area contributed by atoms with Gasteiger partial charge in [0.15, 0.2) is 0 Å². The first-order valence-electron chi connectivity index (χ1n) is 6.52. The maximum absolute atomic E-state index is 12.0. The van der Waals surface area contributed by atoms with Crippen LogP contribution in [-0.2, 0) is 4.79 Å². The van der Waals surface area contributed by atoms with Gasteiger partial charge in [0.1, 0.15) is 0 Å². The fraction of sp³-hybridized carbons (Fsp3) is 0.500. The molecular formula is C14H18Cl2N2O. The van der Waals surface area contributed by atoms with Gasteiger partial charge in [-0.3, -0.25) is 9.69 Å². The van der Waals surface area contributed by atoms with Crippen LogP contribution in [-0.4, -0.2) is 30.4 Å². The molecule has 1 aliphatic rings. The molecule has 0 spiro atoms.